The summed E-state index contributed by atoms with van der Waals surface area (Å²) >= 11 is 15.2. The normalized spacial score (nSPS) is 11.5. The number of halogens is 3. The summed E-state index contributed by atoms with van der Waals surface area (Å²) in [7, 11) is -0.810. The van der Waals surface area contributed by atoms with E-state index in [-0.39, 0.29) is 22.2 Å². The summed E-state index contributed by atoms with van der Waals surface area (Å²) in [6.07, 6.45) is 0. The molecule has 0 aliphatic heterocycles. The number of hydrogen-bond donors (Lipinski definition) is 1. The molecule has 10 heteroatoms. The molecule has 1 N–H and O–H groups in total. The molecule has 1 amide bonds. The highest BCUT2D eigenvalue weighted by Gasteiger charge is 2.19. The minimum Gasteiger partial charge on any atom is -0.483 e. The average molecular weight is 482 g/mol. The lowest BCUT2D eigenvalue weighted by atomic mass is 10.3. The molecule has 0 aliphatic rings. The van der Waals surface area contributed by atoms with Crippen LogP contribution in [0.25, 0.3) is 0 Å². The number of ether oxygens (including phenoxy) is 1. The maximum Gasteiger partial charge on any atom is 0.262 e. The number of anilines is 1. The third kappa shape index (κ3) is 5.11. The average Bonchev–Trinajstić information content (AvgIpc) is 2.55. The molecule has 0 spiro atoms. The fourth-order valence-electron chi connectivity index (χ4n) is 1.89. The van der Waals surface area contributed by atoms with Gasteiger partial charge in [0.1, 0.15) is 5.75 Å². The Labute approximate surface area is 170 Å². The van der Waals surface area contributed by atoms with Gasteiger partial charge in [0.05, 0.1) is 20.1 Å². The van der Waals surface area contributed by atoms with Gasteiger partial charge in [-0.3, -0.25) is 4.79 Å². The number of benzene rings is 2. The summed E-state index contributed by atoms with van der Waals surface area (Å²) in [5.41, 5.74) is 0.179. The van der Waals surface area contributed by atoms with E-state index >= 15 is 0 Å². The van der Waals surface area contributed by atoms with E-state index in [1.807, 2.05) is 0 Å². The van der Waals surface area contributed by atoms with Crippen LogP contribution in [0.3, 0.4) is 0 Å². The Hall–Kier alpha value is -1.32. The van der Waals surface area contributed by atoms with Gasteiger partial charge >= 0.3 is 0 Å². The van der Waals surface area contributed by atoms with Gasteiger partial charge in [-0.15, -0.1) is 0 Å². The molecular formula is C16H15BrCl2N2O4S. The van der Waals surface area contributed by atoms with E-state index in [2.05, 4.69) is 21.2 Å². The second-order valence-electron chi connectivity index (χ2n) is 5.34. The Balaban J connectivity index is 2.11. The molecule has 6 nitrogen and oxygen atoms in total. The van der Waals surface area contributed by atoms with Crippen LogP contribution in [0.2, 0.25) is 10.0 Å². The smallest absolute Gasteiger partial charge is 0.262 e. The van der Waals surface area contributed by atoms with Crippen LogP contribution >= 0.6 is 39.1 Å². The lowest BCUT2D eigenvalue weighted by Gasteiger charge is -2.14. The van der Waals surface area contributed by atoms with Crippen molar-refractivity contribution in [2.24, 2.45) is 0 Å². The molecule has 0 saturated heterocycles. The number of amides is 1. The maximum atomic E-state index is 12.2. The van der Waals surface area contributed by atoms with Crippen LogP contribution in [0.4, 0.5) is 5.69 Å². The number of carbonyl (C=O) groups is 1. The van der Waals surface area contributed by atoms with E-state index in [9.17, 15) is 13.2 Å². The van der Waals surface area contributed by atoms with E-state index < -0.39 is 15.9 Å². The highest BCUT2D eigenvalue weighted by atomic mass is 79.9. The summed E-state index contributed by atoms with van der Waals surface area (Å²) in [6.45, 7) is -0.290. The van der Waals surface area contributed by atoms with Crippen molar-refractivity contribution in [1.82, 2.24) is 4.31 Å². The Morgan fingerprint density at radius 1 is 1.19 bits per heavy atom. The zero-order valence-corrected chi connectivity index (χ0v) is 17.7. The van der Waals surface area contributed by atoms with E-state index in [4.69, 9.17) is 27.9 Å². The summed E-state index contributed by atoms with van der Waals surface area (Å²) in [5.74, 6) is -0.0484. The summed E-state index contributed by atoms with van der Waals surface area (Å²) < 4.78 is 31.5. The first-order chi connectivity index (χ1) is 12.1. The van der Waals surface area contributed by atoms with E-state index in [1.165, 1.54) is 32.3 Å². The van der Waals surface area contributed by atoms with E-state index in [0.29, 0.717) is 15.2 Å². The Morgan fingerprint density at radius 3 is 2.50 bits per heavy atom. The van der Waals surface area contributed by atoms with Gasteiger partial charge < -0.3 is 10.1 Å². The molecule has 0 bridgehead atoms. The Kier molecular flexibility index (Phi) is 6.92. The third-order valence-electron chi connectivity index (χ3n) is 3.24. The van der Waals surface area contributed by atoms with Crippen molar-refractivity contribution in [2.75, 3.05) is 26.0 Å². The number of hydrogen-bond acceptors (Lipinski definition) is 4. The van der Waals surface area contributed by atoms with Crippen LogP contribution in [-0.2, 0) is 14.8 Å². The largest absolute Gasteiger partial charge is 0.483 e. The van der Waals surface area contributed by atoms with Crippen molar-refractivity contribution in [3.63, 3.8) is 0 Å². The van der Waals surface area contributed by atoms with Crippen LogP contribution in [0.5, 0.6) is 5.75 Å². The van der Waals surface area contributed by atoms with Gasteiger partial charge in [-0.05, 0) is 52.3 Å². The van der Waals surface area contributed by atoms with Crippen LogP contribution < -0.4 is 10.1 Å². The van der Waals surface area contributed by atoms with Crippen LogP contribution in [0.15, 0.2) is 45.8 Å². The first-order valence-corrected chi connectivity index (χ1v) is 10.2. The lowest BCUT2D eigenvalue weighted by molar-refractivity contribution is -0.118. The van der Waals surface area contributed by atoms with Gasteiger partial charge in [0.15, 0.2) is 6.61 Å². The third-order valence-corrected chi connectivity index (χ3v) is 6.24. The molecule has 0 heterocycles. The monoisotopic (exact) mass is 480 g/mol. The SMILES string of the molecule is CN(C)S(=O)(=O)c1ccc(Cl)c(NC(=O)COc2ccc(Cl)cc2Br)c1. The van der Waals surface area contributed by atoms with Gasteiger partial charge in [-0.1, -0.05) is 23.2 Å². The van der Waals surface area contributed by atoms with E-state index in [1.54, 1.807) is 18.2 Å². The minimum absolute atomic E-state index is 0.0172. The Morgan fingerprint density at radius 2 is 1.88 bits per heavy atom. The molecule has 140 valence electrons. The van der Waals surface area contributed by atoms with Crippen LogP contribution in [0, 0.1) is 0 Å². The van der Waals surface area contributed by atoms with Gasteiger partial charge in [0, 0.05) is 19.1 Å². The number of carbonyl (C=O) groups excluding carboxylic acids is 1. The molecule has 0 aliphatic carbocycles. The molecule has 0 unspecified atom stereocenters. The molecule has 2 rings (SSSR count). The van der Waals surface area contributed by atoms with Gasteiger partial charge in [-0.25, -0.2) is 12.7 Å². The zero-order valence-electron chi connectivity index (χ0n) is 13.8. The van der Waals surface area contributed by atoms with Gasteiger partial charge in [0.2, 0.25) is 10.0 Å². The maximum absolute atomic E-state index is 12.2. The van der Waals surface area contributed by atoms with E-state index in [0.717, 1.165) is 4.31 Å². The predicted octanol–water partition coefficient (Wildman–Crippen LogP) is 4.02. The van der Waals surface area contributed by atoms with Crippen LogP contribution in [-0.4, -0.2) is 39.3 Å². The van der Waals surface area contributed by atoms with Crippen molar-refractivity contribution in [3.8, 4) is 5.75 Å². The lowest BCUT2D eigenvalue weighted by Crippen LogP contribution is -2.23. The second-order valence-corrected chi connectivity index (χ2v) is 9.19. The Bertz CT molecular complexity index is 936. The first-order valence-electron chi connectivity index (χ1n) is 7.21. The molecule has 0 fully saturated rings. The quantitative estimate of drug-likeness (QED) is 0.675. The second kappa shape index (κ2) is 8.58. The topological polar surface area (TPSA) is 75.7 Å². The van der Waals surface area contributed by atoms with Gasteiger partial charge in [-0.2, -0.15) is 0 Å². The van der Waals surface area contributed by atoms with Crippen LogP contribution in [0.1, 0.15) is 0 Å². The summed E-state index contributed by atoms with van der Waals surface area (Å²) in [4.78, 5) is 12.1. The fourth-order valence-corrected chi connectivity index (χ4v) is 3.78. The number of nitrogens with zero attached hydrogens (tertiary/aromatic N) is 1. The first kappa shape index (κ1) is 21.0. The van der Waals surface area contributed by atoms with Crippen molar-refractivity contribution in [3.05, 3.63) is 50.9 Å². The summed E-state index contributed by atoms with van der Waals surface area (Å²) in [6, 6.07) is 8.97. The molecular weight excluding hydrogens is 467 g/mol. The fraction of sp³-hybridized carbons (Fsp3) is 0.188. The molecule has 2 aromatic rings. The molecule has 2 aromatic carbocycles. The number of sulfonamides is 1. The van der Waals surface area contributed by atoms with Crippen molar-refractivity contribution < 1.29 is 17.9 Å². The summed E-state index contributed by atoms with van der Waals surface area (Å²) in [5, 5.41) is 3.28. The molecule has 26 heavy (non-hydrogen) atoms. The number of rotatable bonds is 6. The molecule has 0 atom stereocenters. The number of nitrogens with one attached hydrogen (secondary N) is 1. The van der Waals surface area contributed by atoms with Gasteiger partial charge in [0.25, 0.3) is 5.91 Å². The van der Waals surface area contributed by atoms with Crippen molar-refractivity contribution in [1.29, 1.82) is 0 Å². The molecule has 0 aromatic heterocycles. The highest BCUT2D eigenvalue weighted by molar-refractivity contribution is 9.10. The predicted molar refractivity (Wildman–Crippen MR) is 106 cm³/mol. The van der Waals surface area contributed by atoms with Crippen molar-refractivity contribution in [2.45, 2.75) is 4.90 Å². The standard InChI is InChI=1S/C16H15BrCl2N2O4S/c1-21(2)26(23,24)11-4-5-13(19)14(8-11)20-16(22)9-25-15-6-3-10(18)7-12(15)17/h3-8H,9H2,1-2H3,(H,20,22). The molecule has 0 radical (unpaired) electrons. The minimum atomic E-state index is -3.64. The highest BCUT2D eigenvalue weighted by Crippen LogP contribution is 2.29. The van der Waals surface area contributed by atoms with Crippen molar-refractivity contribution >= 4 is 60.7 Å². The zero-order chi connectivity index (χ0) is 19.5. The molecule has 0 saturated carbocycles.